The highest BCUT2D eigenvalue weighted by Crippen LogP contribution is 2.06. The van der Waals surface area contributed by atoms with Gasteiger partial charge in [0.2, 0.25) is 5.91 Å². The van der Waals surface area contributed by atoms with Gasteiger partial charge in [-0.2, -0.15) is 0 Å². The maximum Gasteiger partial charge on any atom is 0.251 e. The van der Waals surface area contributed by atoms with E-state index in [1.165, 1.54) is 0 Å². The Bertz CT molecular complexity index is 469. The molecule has 0 aliphatic carbocycles. The van der Waals surface area contributed by atoms with E-state index in [1.54, 1.807) is 25.3 Å². The van der Waals surface area contributed by atoms with E-state index in [-0.39, 0.29) is 11.8 Å². The molecule has 0 aromatic heterocycles. The van der Waals surface area contributed by atoms with E-state index in [2.05, 4.69) is 17.2 Å². The summed E-state index contributed by atoms with van der Waals surface area (Å²) in [7, 11) is 3.48. The molecule has 0 radical (unpaired) electrons. The fourth-order valence-corrected chi connectivity index (χ4v) is 1.76. The van der Waals surface area contributed by atoms with Crippen LogP contribution in [-0.2, 0) is 11.3 Å². The van der Waals surface area contributed by atoms with Crippen LogP contribution in [0, 0.1) is 0 Å². The summed E-state index contributed by atoms with van der Waals surface area (Å²) in [4.78, 5) is 24.9. The number of amides is 2. The largest absolute Gasteiger partial charge is 0.355 e. The van der Waals surface area contributed by atoms with Gasteiger partial charge in [-0.15, -0.1) is 6.58 Å². The maximum atomic E-state index is 11.5. The van der Waals surface area contributed by atoms with Gasteiger partial charge in [-0.25, -0.2) is 0 Å². The first kappa shape index (κ1) is 15.9. The first-order chi connectivity index (χ1) is 9.56. The van der Waals surface area contributed by atoms with Crippen molar-refractivity contribution in [1.29, 1.82) is 0 Å². The van der Waals surface area contributed by atoms with E-state index < -0.39 is 0 Å². The van der Waals surface area contributed by atoms with Crippen LogP contribution >= 0.6 is 0 Å². The Hall–Kier alpha value is -2.14. The summed E-state index contributed by atoms with van der Waals surface area (Å²) in [5, 5.41) is 5.31. The van der Waals surface area contributed by atoms with Crippen molar-refractivity contribution in [3.63, 3.8) is 0 Å². The van der Waals surface area contributed by atoms with Gasteiger partial charge in [0.25, 0.3) is 5.91 Å². The third-order valence-electron chi connectivity index (χ3n) is 2.75. The number of benzene rings is 1. The van der Waals surface area contributed by atoms with Crippen LogP contribution in [0.1, 0.15) is 15.9 Å². The average molecular weight is 275 g/mol. The number of likely N-dealkylation sites (N-methyl/N-ethyl adjacent to an activating group) is 1. The van der Waals surface area contributed by atoms with Crippen molar-refractivity contribution in [1.82, 2.24) is 15.5 Å². The predicted octanol–water partition coefficient (Wildman–Crippen LogP) is 0.780. The number of carbonyl (C=O) groups is 2. The second-order valence-corrected chi connectivity index (χ2v) is 4.54. The molecule has 0 saturated heterocycles. The second kappa shape index (κ2) is 8.12. The molecule has 1 aromatic carbocycles. The monoisotopic (exact) mass is 275 g/mol. The van der Waals surface area contributed by atoms with E-state index in [4.69, 9.17) is 0 Å². The topological polar surface area (TPSA) is 61.4 Å². The normalized spacial score (nSPS) is 10.2. The van der Waals surface area contributed by atoms with Crippen LogP contribution in [0.3, 0.4) is 0 Å². The Morgan fingerprint density at radius 2 is 1.95 bits per heavy atom. The lowest BCUT2D eigenvalue weighted by Gasteiger charge is -2.16. The standard InChI is InChI=1S/C15H21N3O2/c1-4-9-17-14(19)11-18(3)10-12-5-7-13(8-6-12)15(20)16-2/h4-8H,1,9-11H2,2-3H3,(H,16,20)(H,17,19). The van der Waals surface area contributed by atoms with Crippen molar-refractivity contribution in [2.24, 2.45) is 0 Å². The van der Waals surface area contributed by atoms with Crippen LogP contribution in [0.15, 0.2) is 36.9 Å². The van der Waals surface area contributed by atoms with Gasteiger partial charge < -0.3 is 10.6 Å². The highest BCUT2D eigenvalue weighted by atomic mass is 16.2. The molecular formula is C15H21N3O2. The molecule has 2 amide bonds. The zero-order chi connectivity index (χ0) is 15.0. The Labute approximate surface area is 119 Å². The molecule has 5 heteroatoms. The van der Waals surface area contributed by atoms with Crippen LogP contribution in [0.4, 0.5) is 0 Å². The van der Waals surface area contributed by atoms with Gasteiger partial charge in [-0.3, -0.25) is 14.5 Å². The molecule has 5 nitrogen and oxygen atoms in total. The van der Waals surface area contributed by atoms with Gasteiger partial charge in [0.1, 0.15) is 0 Å². The van der Waals surface area contributed by atoms with Crippen LogP contribution < -0.4 is 10.6 Å². The van der Waals surface area contributed by atoms with Crippen LogP contribution in [0.25, 0.3) is 0 Å². The molecule has 20 heavy (non-hydrogen) atoms. The molecule has 2 N–H and O–H groups in total. The first-order valence-corrected chi connectivity index (χ1v) is 6.44. The number of nitrogens with zero attached hydrogens (tertiary/aromatic N) is 1. The van der Waals surface area contributed by atoms with Crippen molar-refractivity contribution in [3.05, 3.63) is 48.0 Å². The summed E-state index contributed by atoms with van der Waals surface area (Å²) in [6.45, 7) is 5.00. The van der Waals surface area contributed by atoms with E-state index >= 15 is 0 Å². The van der Waals surface area contributed by atoms with Crippen molar-refractivity contribution in [2.75, 3.05) is 27.2 Å². The molecule has 0 spiro atoms. The number of hydrogen-bond acceptors (Lipinski definition) is 3. The Morgan fingerprint density at radius 1 is 1.30 bits per heavy atom. The highest BCUT2D eigenvalue weighted by molar-refractivity contribution is 5.93. The quantitative estimate of drug-likeness (QED) is 0.723. The smallest absolute Gasteiger partial charge is 0.251 e. The summed E-state index contributed by atoms with van der Waals surface area (Å²) in [6, 6.07) is 7.34. The number of hydrogen-bond donors (Lipinski definition) is 2. The molecule has 108 valence electrons. The highest BCUT2D eigenvalue weighted by Gasteiger charge is 2.07. The molecule has 1 rings (SSSR count). The Kier molecular flexibility index (Phi) is 6.46. The summed E-state index contributed by atoms with van der Waals surface area (Å²) in [5.41, 5.74) is 1.68. The van der Waals surface area contributed by atoms with Gasteiger partial charge in [0.05, 0.1) is 6.54 Å². The summed E-state index contributed by atoms with van der Waals surface area (Å²) < 4.78 is 0. The van der Waals surface area contributed by atoms with Crippen LogP contribution in [-0.4, -0.2) is 43.9 Å². The molecule has 0 aliphatic heterocycles. The van der Waals surface area contributed by atoms with Gasteiger partial charge >= 0.3 is 0 Å². The summed E-state index contributed by atoms with van der Waals surface area (Å²) in [5.74, 6) is -0.136. The average Bonchev–Trinajstić information content (AvgIpc) is 2.45. The number of nitrogens with one attached hydrogen (secondary N) is 2. The maximum absolute atomic E-state index is 11.5. The van der Waals surface area contributed by atoms with Gasteiger partial charge in [-0.1, -0.05) is 18.2 Å². The van der Waals surface area contributed by atoms with Crippen molar-refractivity contribution in [2.45, 2.75) is 6.54 Å². The molecule has 0 aliphatic rings. The number of rotatable bonds is 7. The lowest BCUT2D eigenvalue weighted by molar-refractivity contribution is -0.121. The molecule has 0 fully saturated rings. The molecule has 0 unspecified atom stereocenters. The SMILES string of the molecule is C=CCNC(=O)CN(C)Cc1ccc(C(=O)NC)cc1. The third-order valence-corrected chi connectivity index (χ3v) is 2.75. The van der Waals surface area contributed by atoms with E-state index in [1.807, 2.05) is 24.1 Å². The molecule has 1 aromatic rings. The van der Waals surface area contributed by atoms with Crippen molar-refractivity contribution < 1.29 is 9.59 Å². The van der Waals surface area contributed by atoms with Crippen LogP contribution in [0.5, 0.6) is 0 Å². The fraction of sp³-hybridized carbons (Fsp3) is 0.333. The fourth-order valence-electron chi connectivity index (χ4n) is 1.76. The second-order valence-electron chi connectivity index (χ2n) is 4.54. The molecule has 0 bridgehead atoms. The van der Waals surface area contributed by atoms with E-state index in [9.17, 15) is 9.59 Å². The van der Waals surface area contributed by atoms with E-state index in [0.29, 0.717) is 25.2 Å². The van der Waals surface area contributed by atoms with Gasteiger partial charge in [0, 0.05) is 25.7 Å². The minimum absolute atomic E-state index is 0.0330. The lowest BCUT2D eigenvalue weighted by atomic mass is 10.1. The van der Waals surface area contributed by atoms with Gasteiger partial charge in [-0.05, 0) is 24.7 Å². The lowest BCUT2D eigenvalue weighted by Crippen LogP contribution is -2.34. The molecule has 0 heterocycles. The minimum atomic E-state index is -0.103. The van der Waals surface area contributed by atoms with Crippen LogP contribution in [0.2, 0.25) is 0 Å². The minimum Gasteiger partial charge on any atom is -0.355 e. The Morgan fingerprint density at radius 3 is 2.50 bits per heavy atom. The summed E-state index contributed by atoms with van der Waals surface area (Å²) >= 11 is 0. The zero-order valence-corrected chi connectivity index (χ0v) is 12.0. The third kappa shape index (κ3) is 5.24. The molecular weight excluding hydrogens is 254 g/mol. The van der Waals surface area contributed by atoms with Crippen molar-refractivity contribution in [3.8, 4) is 0 Å². The first-order valence-electron chi connectivity index (χ1n) is 6.44. The van der Waals surface area contributed by atoms with Gasteiger partial charge in [0.15, 0.2) is 0 Å². The zero-order valence-electron chi connectivity index (χ0n) is 12.0. The molecule has 0 saturated carbocycles. The van der Waals surface area contributed by atoms with Crippen molar-refractivity contribution >= 4 is 11.8 Å². The predicted molar refractivity (Wildman–Crippen MR) is 79.4 cm³/mol. The number of carbonyl (C=O) groups excluding carboxylic acids is 2. The Balaban J connectivity index is 2.49. The molecule has 0 atom stereocenters. The summed E-state index contributed by atoms with van der Waals surface area (Å²) in [6.07, 6.45) is 1.65. The van der Waals surface area contributed by atoms with E-state index in [0.717, 1.165) is 5.56 Å².